The molecule has 3 nitrogen and oxygen atoms in total. The van der Waals surface area contributed by atoms with E-state index in [1.165, 1.54) is 38.5 Å². The van der Waals surface area contributed by atoms with Crippen LogP contribution in [0.5, 0.6) is 0 Å². The summed E-state index contributed by atoms with van der Waals surface area (Å²) in [6, 6.07) is 3.79. The number of ether oxygens (including phenoxy) is 1. The highest BCUT2D eigenvalue weighted by atomic mass is 16.5. The van der Waals surface area contributed by atoms with Crippen molar-refractivity contribution in [2.75, 3.05) is 0 Å². The molecule has 18 heavy (non-hydrogen) atoms. The fraction of sp³-hybridized carbons (Fsp3) is 0.667. The molecule has 0 aromatic carbocycles. The molecular weight excluding hydrogens is 226 g/mol. The summed E-state index contributed by atoms with van der Waals surface area (Å²) in [5.74, 6) is 0. The topological polar surface area (TPSA) is 31.2 Å². The molecule has 1 spiro atoms. The van der Waals surface area contributed by atoms with Crippen LogP contribution in [-0.2, 0) is 11.3 Å². The van der Waals surface area contributed by atoms with E-state index >= 15 is 0 Å². The predicted octanol–water partition coefficient (Wildman–Crippen LogP) is 3.18. The molecule has 1 atom stereocenters. The fourth-order valence-electron chi connectivity index (χ4n) is 3.51. The maximum atomic E-state index is 10.9. The van der Waals surface area contributed by atoms with Gasteiger partial charge in [0.05, 0.1) is 17.4 Å². The second-order valence-corrected chi connectivity index (χ2v) is 5.73. The van der Waals surface area contributed by atoms with E-state index in [1.807, 2.05) is 22.9 Å². The Morgan fingerprint density at radius 2 is 2.17 bits per heavy atom. The van der Waals surface area contributed by atoms with E-state index in [1.54, 1.807) is 0 Å². The number of hydrogen-bond acceptors (Lipinski definition) is 2. The van der Waals surface area contributed by atoms with Gasteiger partial charge in [0.1, 0.15) is 0 Å². The first-order valence-electron chi connectivity index (χ1n) is 7.09. The molecule has 1 aromatic rings. The zero-order valence-electron chi connectivity index (χ0n) is 10.8. The van der Waals surface area contributed by atoms with Crippen LogP contribution in [0.15, 0.2) is 18.3 Å². The molecule has 0 N–H and O–H groups in total. The van der Waals surface area contributed by atoms with Crippen molar-refractivity contribution in [3.63, 3.8) is 0 Å². The van der Waals surface area contributed by atoms with Gasteiger partial charge in [0, 0.05) is 12.7 Å². The average Bonchev–Trinajstić information content (AvgIpc) is 2.99. The molecule has 1 saturated heterocycles. The molecule has 1 aliphatic carbocycles. The molecule has 3 heteroatoms. The van der Waals surface area contributed by atoms with Crippen LogP contribution < -0.4 is 0 Å². The van der Waals surface area contributed by atoms with Crippen molar-refractivity contribution >= 4 is 6.29 Å². The van der Waals surface area contributed by atoms with Crippen molar-refractivity contribution in [1.29, 1.82) is 0 Å². The van der Waals surface area contributed by atoms with Gasteiger partial charge in [0.2, 0.25) is 0 Å². The third kappa shape index (κ3) is 2.24. The van der Waals surface area contributed by atoms with Gasteiger partial charge in [-0.25, -0.2) is 0 Å². The number of nitrogens with zero attached hydrogens (tertiary/aromatic N) is 1. The summed E-state index contributed by atoms with van der Waals surface area (Å²) in [6.45, 7) is 0.822. The molecule has 2 fully saturated rings. The Morgan fingerprint density at radius 1 is 1.33 bits per heavy atom. The van der Waals surface area contributed by atoms with Crippen LogP contribution in [0.2, 0.25) is 0 Å². The van der Waals surface area contributed by atoms with Crippen LogP contribution in [0.3, 0.4) is 0 Å². The van der Waals surface area contributed by atoms with Crippen molar-refractivity contribution < 1.29 is 9.53 Å². The van der Waals surface area contributed by atoms with E-state index in [0.717, 1.165) is 24.9 Å². The maximum absolute atomic E-state index is 10.9. The lowest BCUT2D eigenvalue weighted by atomic mass is 9.83. The zero-order valence-corrected chi connectivity index (χ0v) is 10.8. The van der Waals surface area contributed by atoms with Gasteiger partial charge in [0.25, 0.3) is 0 Å². The molecule has 0 amide bonds. The number of rotatable bonds is 3. The third-order valence-electron chi connectivity index (χ3n) is 4.49. The molecule has 2 aliphatic rings. The van der Waals surface area contributed by atoms with Crippen LogP contribution in [0.25, 0.3) is 0 Å². The van der Waals surface area contributed by atoms with E-state index < -0.39 is 0 Å². The van der Waals surface area contributed by atoms with Crippen molar-refractivity contribution in [1.82, 2.24) is 4.57 Å². The lowest BCUT2D eigenvalue weighted by Gasteiger charge is -2.33. The normalized spacial score (nSPS) is 26.6. The lowest BCUT2D eigenvalue weighted by molar-refractivity contribution is -0.0680. The van der Waals surface area contributed by atoms with Crippen LogP contribution in [-0.4, -0.2) is 22.6 Å². The summed E-state index contributed by atoms with van der Waals surface area (Å²) in [5, 5.41) is 0. The summed E-state index contributed by atoms with van der Waals surface area (Å²) in [7, 11) is 0. The van der Waals surface area contributed by atoms with E-state index in [-0.39, 0.29) is 11.7 Å². The molecule has 0 radical (unpaired) electrons. The Bertz CT molecular complexity index is 418. The molecule has 3 rings (SSSR count). The van der Waals surface area contributed by atoms with Crippen LogP contribution in [0.4, 0.5) is 0 Å². The van der Waals surface area contributed by atoms with Crippen molar-refractivity contribution in [3.8, 4) is 0 Å². The monoisotopic (exact) mass is 247 g/mol. The summed E-state index contributed by atoms with van der Waals surface area (Å²) in [4.78, 5) is 10.9. The lowest BCUT2D eigenvalue weighted by Crippen LogP contribution is -2.32. The minimum atomic E-state index is 0.178. The largest absolute Gasteiger partial charge is 0.370 e. The van der Waals surface area contributed by atoms with Crippen molar-refractivity contribution in [3.05, 3.63) is 24.0 Å². The van der Waals surface area contributed by atoms with E-state index in [2.05, 4.69) is 0 Å². The van der Waals surface area contributed by atoms with Gasteiger partial charge in [-0.2, -0.15) is 0 Å². The predicted molar refractivity (Wildman–Crippen MR) is 69.7 cm³/mol. The number of aromatic nitrogens is 1. The standard InChI is InChI=1S/C15H21NO2/c17-12-13-5-4-10-16(13)11-14-6-9-15(18-14)7-2-1-3-8-15/h4-5,10,12,14H,1-3,6-9,11H2. The van der Waals surface area contributed by atoms with Gasteiger partial charge >= 0.3 is 0 Å². The van der Waals surface area contributed by atoms with Gasteiger partial charge in [-0.15, -0.1) is 0 Å². The first-order valence-corrected chi connectivity index (χ1v) is 7.09. The second kappa shape index (κ2) is 4.88. The SMILES string of the molecule is O=Cc1cccn1CC1CCC2(CCCCC2)O1. The minimum absolute atomic E-state index is 0.178. The molecular formula is C15H21NO2. The molecule has 1 unspecified atom stereocenters. The van der Waals surface area contributed by atoms with Crippen LogP contribution in [0.1, 0.15) is 55.4 Å². The Morgan fingerprint density at radius 3 is 2.94 bits per heavy atom. The Kier molecular flexibility index (Phi) is 3.25. The van der Waals surface area contributed by atoms with E-state index in [9.17, 15) is 4.79 Å². The Balaban J connectivity index is 1.64. The Labute approximate surface area is 108 Å². The van der Waals surface area contributed by atoms with Gasteiger partial charge in [-0.05, 0) is 37.8 Å². The van der Waals surface area contributed by atoms with Gasteiger partial charge < -0.3 is 9.30 Å². The summed E-state index contributed by atoms with van der Waals surface area (Å²) >= 11 is 0. The third-order valence-corrected chi connectivity index (χ3v) is 4.49. The summed E-state index contributed by atoms with van der Waals surface area (Å²) in [5.41, 5.74) is 0.931. The van der Waals surface area contributed by atoms with Gasteiger partial charge in [-0.3, -0.25) is 4.79 Å². The molecule has 98 valence electrons. The first-order chi connectivity index (χ1) is 8.81. The first kappa shape index (κ1) is 12.0. The summed E-state index contributed by atoms with van der Waals surface area (Å²) in [6.07, 6.45) is 12.0. The second-order valence-electron chi connectivity index (χ2n) is 5.73. The average molecular weight is 247 g/mol. The highest BCUT2D eigenvalue weighted by molar-refractivity contribution is 5.72. The quantitative estimate of drug-likeness (QED) is 0.768. The fourth-order valence-corrected chi connectivity index (χ4v) is 3.51. The smallest absolute Gasteiger partial charge is 0.166 e. The van der Waals surface area contributed by atoms with Gasteiger partial charge in [0.15, 0.2) is 6.29 Å². The highest BCUT2D eigenvalue weighted by Gasteiger charge is 2.40. The molecule has 0 bridgehead atoms. The number of aldehydes is 1. The van der Waals surface area contributed by atoms with Crippen LogP contribution in [0, 0.1) is 0 Å². The van der Waals surface area contributed by atoms with Gasteiger partial charge in [-0.1, -0.05) is 19.3 Å². The number of carbonyl (C=O) groups is 1. The van der Waals surface area contributed by atoms with Crippen molar-refractivity contribution in [2.24, 2.45) is 0 Å². The summed E-state index contributed by atoms with van der Waals surface area (Å²) < 4.78 is 8.34. The minimum Gasteiger partial charge on any atom is -0.370 e. The molecule has 1 saturated carbocycles. The van der Waals surface area contributed by atoms with E-state index in [4.69, 9.17) is 4.74 Å². The van der Waals surface area contributed by atoms with Crippen LogP contribution >= 0.6 is 0 Å². The highest BCUT2D eigenvalue weighted by Crippen LogP contribution is 2.42. The molecule has 1 aromatic heterocycles. The Hall–Kier alpha value is -1.09. The molecule has 2 heterocycles. The zero-order chi connectivity index (χ0) is 12.4. The number of carbonyl (C=O) groups excluding carboxylic acids is 1. The number of hydrogen-bond donors (Lipinski definition) is 0. The maximum Gasteiger partial charge on any atom is 0.166 e. The van der Waals surface area contributed by atoms with Crippen molar-refractivity contribution in [2.45, 2.75) is 63.2 Å². The molecule has 1 aliphatic heterocycles. The van der Waals surface area contributed by atoms with E-state index in [0.29, 0.717) is 0 Å².